The molecule has 2 rings (SSSR count). The molecule has 1 amide bonds. The molecule has 0 unspecified atom stereocenters. The molecule has 1 aliphatic heterocycles. The van der Waals surface area contributed by atoms with Crippen LogP contribution in [0.25, 0.3) is 0 Å². The smallest absolute Gasteiger partial charge is 0.227 e. The van der Waals surface area contributed by atoms with Crippen molar-refractivity contribution >= 4 is 5.91 Å². The monoisotopic (exact) mass is 175 g/mol. The summed E-state index contributed by atoms with van der Waals surface area (Å²) in [6.07, 6.45) is 0.934. The highest BCUT2D eigenvalue weighted by atomic mass is 16.2. The van der Waals surface area contributed by atoms with Crippen molar-refractivity contribution in [2.75, 3.05) is 6.54 Å². The fourth-order valence-electron chi connectivity index (χ4n) is 1.87. The summed E-state index contributed by atoms with van der Waals surface area (Å²) in [5.41, 5.74) is 2.39. The zero-order valence-corrected chi connectivity index (χ0v) is 7.71. The van der Waals surface area contributed by atoms with Crippen molar-refractivity contribution in [1.29, 1.82) is 0 Å². The van der Waals surface area contributed by atoms with E-state index in [0.717, 1.165) is 13.0 Å². The lowest BCUT2D eigenvalue weighted by Crippen LogP contribution is -2.18. The van der Waals surface area contributed by atoms with Gasteiger partial charge in [0.25, 0.3) is 0 Å². The second kappa shape index (κ2) is 3.21. The van der Waals surface area contributed by atoms with Crippen LogP contribution in [-0.2, 0) is 4.79 Å². The SMILES string of the molecule is Cc1ccccc1[C@@H]1CCNC1=O. The van der Waals surface area contributed by atoms with Crippen LogP contribution in [0.3, 0.4) is 0 Å². The standard InChI is InChI=1S/C11H13NO/c1-8-4-2-3-5-9(8)10-6-7-12-11(10)13/h2-5,10H,6-7H2,1H3,(H,12,13)/t10-/m0/s1. The van der Waals surface area contributed by atoms with Gasteiger partial charge in [-0.15, -0.1) is 0 Å². The lowest BCUT2D eigenvalue weighted by atomic mass is 9.94. The number of rotatable bonds is 1. The van der Waals surface area contributed by atoms with E-state index in [9.17, 15) is 4.79 Å². The van der Waals surface area contributed by atoms with Crippen molar-refractivity contribution in [3.63, 3.8) is 0 Å². The van der Waals surface area contributed by atoms with Crippen LogP contribution >= 0.6 is 0 Å². The molecule has 1 atom stereocenters. The maximum atomic E-state index is 11.4. The summed E-state index contributed by atoms with van der Waals surface area (Å²) < 4.78 is 0. The van der Waals surface area contributed by atoms with Gasteiger partial charge in [-0.05, 0) is 24.5 Å². The number of aryl methyl sites for hydroxylation is 1. The lowest BCUT2D eigenvalue weighted by molar-refractivity contribution is -0.120. The third-order valence-electron chi connectivity index (χ3n) is 2.61. The Morgan fingerprint density at radius 2 is 2.15 bits per heavy atom. The van der Waals surface area contributed by atoms with Crippen molar-refractivity contribution < 1.29 is 4.79 Å². The molecule has 1 aromatic rings. The molecule has 0 aromatic heterocycles. The fraction of sp³-hybridized carbons (Fsp3) is 0.364. The third-order valence-corrected chi connectivity index (χ3v) is 2.61. The molecule has 2 nitrogen and oxygen atoms in total. The van der Waals surface area contributed by atoms with Gasteiger partial charge in [-0.2, -0.15) is 0 Å². The topological polar surface area (TPSA) is 29.1 Å². The molecule has 1 heterocycles. The second-order valence-corrected chi connectivity index (χ2v) is 3.49. The van der Waals surface area contributed by atoms with E-state index in [1.807, 2.05) is 18.2 Å². The molecular formula is C11H13NO. The van der Waals surface area contributed by atoms with Gasteiger partial charge in [0, 0.05) is 6.54 Å². The van der Waals surface area contributed by atoms with Crippen LogP contribution < -0.4 is 5.32 Å². The first-order chi connectivity index (χ1) is 6.29. The van der Waals surface area contributed by atoms with Crippen LogP contribution in [-0.4, -0.2) is 12.5 Å². The summed E-state index contributed by atoms with van der Waals surface area (Å²) in [7, 11) is 0. The molecule has 1 saturated heterocycles. The number of benzene rings is 1. The molecule has 1 N–H and O–H groups in total. The van der Waals surface area contributed by atoms with Gasteiger partial charge in [0.15, 0.2) is 0 Å². The second-order valence-electron chi connectivity index (χ2n) is 3.49. The fourth-order valence-corrected chi connectivity index (χ4v) is 1.87. The maximum Gasteiger partial charge on any atom is 0.227 e. The molecule has 2 heteroatoms. The van der Waals surface area contributed by atoms with E-state index in [0.29, 0.717) is 0 Å². The molecule has 0 aliphatic carbocycles. The highest BCUT2D eigenvalue weighted by molar-refractivity contribution is 5.85. The Labute approximate surface area is 78.0 Å². The van der Waals surface area contributed by atoms with E-state index in [-0.39, 0.29) is 11.8 Å². The van der Waals surface area contributed by atoms with Crippen LogP contribution in [0.1, 0.15) is 23.5 Å². The average Bonchev–Trinajstić information content (AvgIpc) is 2.52. The normalized spacial score (nSPS) is 21.6. The average molecular weight is 175 g/mol. The van der Waals surface area contributed by atoms with Crippen LogP contribution in [0, 0.1) is 6.92 Å². The summed E-state index contributed by atoms with van der Waals surface area (Å²) in [5.74, 6) is 0.260. The zero-order valence-electron chi connectivity index (χ0n) is 7.71. The van der Waals surface area contributed by atoms with Gasteiger partial charge >= 0.3 is 0 Å². The van der Waals surface area contributed by atoms with Gasteiger partial charge in [-0.1, -0.05) is 24.3 Å². The zero-order chi connectivity index (χ0) is 9.26. The highest BCUT2D eigenvalue weighted by Gasteiger charge is 2.26. The van der Waals surface area contributed by atoms with Crippen LogP contribution in [0.4, 0.5) is 0 Å². The predicted molar refractivity (Wildman–Crippen MR) is 51.5 cm³/mol. The number of carbonyl (C=O) groups excluding carboxylic acids is 1. The minimum Gasteiger partial charge on any atom is -0.356 e. The first kappa shape index (κ1) is 8.30. The van der Waals surface area contributed by atoms with Gasteiger partial charge in [-0.25, -0.2) is 0 Å². The Bertz CT molecular complexity index is 333. The van der Waals surface area contributed by atoms with E-state index < -0.39 is 0 Å². The van der Waals surface area contributed by atoms with Crippen LogP contribution in [0.5, 0.6) is 0 Å². The van der Waals surface area contributed by atoms with Crippen molar-refractivity contribution in [2.45, 2.75) is 19.3 Å². The van der Waals surface area contributed by atoms with Crippen LogP contribution in [0.2, 0.25) is 0 Å². The van der Waals surface area contributed by atoms with Gasteiger partial charge in [0.05, 0.1) is 5.92 Å². The first-order valence-corrected chi connectivity index (χ1v) is 4.62. The highest BCUT2D eigenvalue weighted by Crippen LogP contribution is 2.25. The minimum atomic E-state index is 0.0844. The number of amides is 1. The van der Waals surface area contributed by atoms with E-state index in [4.69, 9.17) is 0 Å². The molecule has 0 spiro atoms. The predicted octanol–water partition coefficient (Wildman–Crippen LogP) is 1.60. The summed E-state index contributed by atoms with van der Waals surface area (Å²) in [6, 6.07) is 8.10. The van der Waals surface area contributed by atoms with Crippen molar-refractivity contribution in [1.82, 2.24) is 5.32 Å². The molecule has 0 radical (unpaired) electrons. The molecule has 68 valence electrons. The van der Waals surface area contributed by atoms with Crippen molar-refractivity contribution in [3.8, 4) is 0 Å². The molecule has 1 fully saturated rings. The Balaban J connectivity index is 2.34. The third kappa shape index (κ3) is 1.44. The van der Waals surface area contributed by atoms with E-state index >= 15 is 0 Å². The Hall–Kier alpha value is -1.31. The Morgan fingerprint density at radius 3 is 2.77 bits per heavy atom. The molecule has 1 aromatic carbocycles. The number of hydrogen-bond donors (Lipinski definition) is 1. The Morgan fingerprint density at radius 1 is 1.38 bits per heavy atom. The molecular weight excluding hydrogens is 162 g/mol. The molecule has 13 heavy (non-hydrogen) atoms. The van der Waals surface area contributed by atoms with E-state index in [1.165, 1.54) is 11.1 Å². The van der Waals surface area contributed by atoms with Crippen molar-refractivity contribution in [2.24, 2.45) is 0 Å². The molecule has 1 aliphatic rings. The molecule has 0 bridgehead atoms. The summed E-state index contributed by atoms with van der Waals surface area (Å²) in [6.45, 7) is 2.87. The quantitative estimate of drug-likeness (QED) is 0.690. The number of nitrogens with one attached hydrogen (secondary N) is 1. The van der Waals surface area contributed by atoms with E-state index in [2.05, 4.69) is 18.3 Å². The molecule has 0 saturated carbocycles. The maximum absolute atomic E-state index is 11.4. The van der Waals surface area contributed by atoms with E-state index in [1.54, 1.807) is 0 Å². The van der Waals surface area contributed by atoms with Gasteiger partial charge in [0.1, 0.15) is 0 Å². The van der Waals surface area contributed by atoms with Gasteiger partial charge in [-0.3, -0.25) is 4.79 Å². The lowest BCUT2D eigenvalue weighted by Gasteiger charge is -2.09. The first-order valence-electron chi connectivity index (χ1n) is 4.62. The van der Waals surface area contributed by atoms with Gasteiger partial charge in [0.2, 0.25) is 5.91 Å². The summed E-state index contributed by atoms with van der Waals surface area (Å²) in [4.78, 5) is 11.4. The number of carbonyl (C=O) groups is 1. The van der Waals surface area contributed by atoms with Crippen LogP contribution in [0.15, 0.2) is 24.3 Å². The van der Waals surface area contributed by atoms with Gasteiger partial charge < -0.3 is 5.32 Å². The number of hydrogen-bond acceptors (Lipinski definition) is 1. The summed E-state index contributed by atoms with van der Waals surface area (Å²) in [5, 5.41) is 2.86. The largest absolute Gasteiger partial charge is 0.356 e. The minimum absolute atomic E-state index is 0.0844. The van der Waals surface area contributed by atoms with Crippen molar-refractivity contribution in [3.05, 3.63) is 35.4 Å². The summed E-state index contributed by atoms with van der Waals surface area (Å²) >= 11 is 0. The Kier molecular flexibility index (Phi) is 2.05.